The Labute approximate surface area is 277 Å². The Hall–Kier alpha value is -4.14. The molecule has 1 aliphatic heterocycles. The lowest BCUT2D eigenvalue weighted by molar-refractivity contribution is -0.132. The molecule has 3 aromatic rings. The van der Waals surface area contributed by atoms with E-state index in [4.69, 9.17) is 19.3 Å². The third-order valence-electron chi connectivity index (χ3n) is 8.16. The Morgan fingerprint density at radius 1 is 0.957 bits per heavy atom. The molecule has 1 aromatic carbocycles. The summed E-state index contributed by atoms with van der Waals surface area (Å²) in [7, 11) is 1.48. The molecule has 0 unspecified atom stereocenters. The van der Waals surface area contributed by atoms with Gasteiger partial charge in [-0.15, -0.1) is 5.10 Å². The number of fused-ring (bicyclic) bond motifs is 1. The number of ether oxygens (including phenoxy) is 3. The van der Waals surface area contributed by atoms with E-state index in [1.54, 1.807) is 58.3 Å². The van der Waals surface area contributed by atoms with Crippen molar-refractivity contribution in [2.24, 2.45) is 5.41 Å². The summed E-state index contributed by atoms with van der Waals surface area (Å²) in [5.74, 6) is -0.231. The number of carbonyl (C=O) groups excluding carboxylic acids is 3. The van der Waals surface area contributed by atoms with Crippen LogP contribution in [0, 0.1) is 11.2 Å². The summed E-state index contributed by atoms with van der Waals surface area (Å²) in [5, 5.41) is 14.3. The zero-order valence-corrected chi connectivity index (χ0v) is 28.8. The van der Waals surface area contributed by atoms with Gasteiger partial charge in [0.15, 0.2) is 0 Å². The molecule has 0 spiro atoms. The third kappa shape index (κ3) is 8.24. The Morgan fingerprint density at radius 3 is 2.23 bits per heavy atom. The number of imidazole rings is 1. The number of nitrogens with zero attached hydrogens (tertiary/aromatic N) is 4. The monoisotopic (exact) mass is 673 g/mol. The minimum atomic E-state index is -0.917. The van der Waals surface area contributed by atoms with Gasteiger partial charge >= 0.3 is 12.2 Å². The van der Waals surface area contributed by atoms with Crippen molar-refractivity contribution in [1.29, 1.82) is 0 Å². The molecular weight excluding hydrogens is 629 g/mol. The van der Waals surface area contributed by atoms with Gasteiger partial charge in [0.25, 0.3) is 0 Å². The number of benzene rings is 1. The quantitative estimate of drug-likeness (QED) is 0.289. The highest BCUT2D eigenvalue weighted by atomic mass is 32.1. The maximum Gasteiger partial charge on any atom is 0.408 e. The fourth-order valence-corrected chi connectivity index (χ4v) is 6.42. The highest BCUT2D eigenvalue weighted by Crippen LogP contribution is 2.39. The molecule has 15 heteroatoms. The third-order valence-corrected chi connectivity index (χ3v) is 9.15. The lowest BCUT2D eigenvalue weighted by Gasteiger charge is -2.40. The first-order chi connectivity index (χ1) is 22.0. The zero-order chi connectivity index (χ0) is 34.2. The molecular formula is C32H44FN7O6S. The summed E-state index contributed by atoms with van der Waals surface area (Å²) < 4.78 is 31.8. The molecule has 0 bridgehead atoms. The predicted molar refractivity (Wildman–Crippen MR) is 175 cm³/mol. The molecule has 2 fully saturated rings. The Morgan fingerprint density at radius 2 is 1.62 bits per heavy atom. The zero-order valence-electron chi connectivity index (χ0n) is 28.0. The highest BCUT2D eigenvalue weighted by Gasteiger charge is 2.48. The fraction of sp³-hybridized carbons (Fsp3) is 0.594. The van der Waals surface area contributed by atoms with Gasteiger partial charge in [0.2, 0.25) is 16.0 Å². The number of halogens is 1. The molecule has 5 rings (SSSR count). The molecule has 3 N–H and O–H groups in total. The van der Waals surface area contributed by atoms with Gasteiger partial charge in [0.1, 0.15) is 22.8 Å². The number of rotatable bonds is 9. The Balaban J connectivity index is 1.29. The molecule has 2 aliphatic rings. The van der Waals surface area contributed by atoms with Gasteiger partial charge in [-0.2, -0.15) is 0 Å². The smallest absolute Gasteiger partial charge is 0.408 e. The minimum Gasteiger partial charge on any atom is -0.496 e. The van der Waals surface area contributed by atoms with Gasteiger partial charge in [0, 0.05) is 37.8 Å². The second-order valence-corrected chi connectivity index (χ2v) is 15.2. The lowest BCUT2D eigenvalue weighted by atomic mass is 9.77. The summed E-state index contributed by atoms with van der Waals surface area (Å²) in [5.41, 5.74) is -1.47. The van der Waals surface area contributed by atoms with E-state index in [1.165, 1.54) is 30.6 Å². The molecule has 256 valence electrons. The van der Waals surface area contributed by atoms with Gasteiger partial charge in [0.05, 0.1) is 30.0 Å². The fourth-order valence-electron chi connectivity index (χ4n) is 5.49. The molecule has 3 amide bonds. The maximum atomic E-state index is 13.9. The Kier molecular flexibility index (Phi) is 9.32. The second kappa shape index (κ2) is 12.8. The summed E-state index contributed by atoms with van der Waals surface area (Å²) in [6.45, 7) is 12.1. The van der Waals surface area contributed by atoms with E-state index in [9.17, 15) is 18.8 Å². The normalized spacial score (nSPS) is 17.1. The summed E-state index contributed by atoms with van der Waals surface area (Å²) in [4.78, 5) is 46.2. The van der Waals surface area contributed by atoms with Crippen LogP contribution in [-0.2, 0) is 14.3 Å². The van der Waals surface area contributed by atoms with Crippen molar-refractivity contribution in [3.63, 3.8) is 0 Å². The predicted octanol–water partition coefficient (Wildman–Crippen LogP) is 4.89. The van der Waals surface area contributed by atoms with E-state index in [0.717, 1.165) is 18.0 Å². The second-order valence-electron chi connectivity index (χ2n) is 14.3. The first-order valence-corrected chi connectivity index (χ1v) is 16.5. The van der Waals surface area contributed by atoms with E-state index in [-0.39, 0.29) is 19.0 Å². The van der Waals surface area contributed by atoms with Crippen LogP contribution in [0.3, 0.4) is 0 Å². The number of hydrogen-bond donors (Lipinski definition) is 3. The standard InChI is InChI=1S/C32H44FN7O6S/c1-29(2,3)45-27(42)36-18-31(24(41)35-19-32(10-11-32)37-28(43)46-30(4,5)6)12-14-39(15-13-31)26-38-40-22(17-34-25(40)47-26)21-9-8-20(33)16-23(21)44-7/h8-9,16-17H,10-15,18-19H2,1-7H3,(H,35,41)(H,36,42)(H,37,43). The molecule has 1 saturated carbocycles. The first kappa shape index (κ1) is 34.2. The van der Waals surface area contributed by atoms with Gasteiger partial charge in [-0.05, 0) is 79.4 Å². The van der Waals surface area contributed by atoms with Crippen molar-refractivity contribution in [3.05, 3.63) is 30.2 Å². The van der Waals surface area contributed by atoms with Crippen LogP contribution in [0.4, 0.5) is 19.1 Å². The number of anilines is 1. The van der Waals surface area contributed by atoms with Crippen molar-refractivity contribution in [2.45, 2.75) is 84.0 Å². The van der Waals surface area contributed by atoms with Gasteiger partial charge < -0.3 is 35.1 Å². The number of hydrogen-bond acceptors (Lipinski definition) is 10. The van der Waals surface area contributed by atoms with Crippen molar-refractivity contribution < 1.29 is 33.0 Å². The van der Waals surface area contributed by atoms with E-state index in [2.05, 4.69) is 25.8 Å². The van der Waals surface area contributed by atoms with Crippen LogP contribution in [0.1, 0.15) is 67.2 Å². The molecule has 3 heterocycles. The van der Waals surface area contributed by atoms with Crippen molar-refractivity contribution in [1.82, 2.24) is 30.5 Å². The van der Waals surface area contributed by atoms with Crippen LogP contribution >= 0.6 is 11.3 Å². The highest BCUT2D eigenvalue weighted by molar-refractivity contribution is 7.20. The van der Waals surface area contributed by atoms with Crippen molar-refractivity contribution >= 4 is 39.5 Å². The number of aromatic nitrogens is 3. The first-order valence-electron chi connectivity index (χ1n) is 15.7. The number of methoxy groups -OCH3 is 1. The average molecular weight is 674 g/mol. The number of amides is 3. The van der Waals surface area contributed by atoms with Crippen LogP contribution in [0.25, 0.3) is 16.2 Å². The number of carbonyl (C=O) groups is 3. The topological polar surface area (TPSA) is 148 Å². The summed E-state index contributed by atoms with van der Waals surface area (Å²) >= 11 is 1.41. The molecule has 1 saturated heterocycles. The molecule has 13 nitrogen and oxygen atoms in total. The molecule has 47 heavy (non-hydrogen) atoms. The largest absolute Gasteiger partial charge is 0.496 e. The average Bonchev–Trinajstić information content (AvgIpc) is 3.42. The van der Waals surface area contributed by atoms with Crippen LogP contribution < -0.4 is 25.6 Å². The lowest BCUT2D eigenvalue weighted by Crippen LogP contribution is -2.56. The van der Waals surface area contributed by atoms with E-state index < -0.39 is 40.2 Å². The molecule has 0 radical (unpaired) electrons. The van der Waals surface area contributed by atoms with Crippen molar-refractivity contribution in [3.8, 4) is 17.0 Å². The number of alkyl carbamates (subject to hydrolysis) is 2. The molecule has 2 aromatic heterocycles. The van der Waals surface area contributed by atoms with Gasteiger partial charge in [-0.1, -0.05) is 11.3 Å². The molecule has 1 aliphatic carbocycles. The van der Waals surface area contributed by atoms with E-state index in [1.807, 2.05) is 0 Å². The SMILES string of the molecule is COc1cc(F)ccc1-c1cnc2sc(N3CCC(CNC(=O)OC(C)(C)C)(C(=O)NCC4(NC(=O)OC(C)(C)C)CC4)CC3)nn12. The van der Waals surface area contributed by atoms with Crippen LogP contribution in [-0.4, -0.2) is 82.7 Å². The van der Waals surface area contributed by atoms with Crippen LogP contribution in [0.2, 0.25) is 0 Å². The summed E-state index contributed by atoms with van der Waals surface area (Å²) in [6, 6.07) is 4.32. The molecule has 0 atom stereocenters. The Bertz CT molecular complexity index is 1630. The van der Waals surface area contributed by atoms with Crippen LogP contribution in [0.15, 0.2) is 24.4 Å². The van der Waals surface area contributed by atoms with Crippen LogP contribution in [0.5, 0.6) is 5.75 Å². The van der Waals surface area contributed by atoms with E-state index in [0.29, 0.717) is 47.9 Å². The minimum absolute atomic E-state index is 0.0871. The summed E-state index contributed by atoms with van der Waals surface area (Å²) in [6.07, 6.45) is 2.87. The maximum absolute atomic E-state index is 13.9. The van der Waals surface area contributed by atoms with Gasteiger partial charge in [-0.25, -0.2) is 23.5 Å². The number of piperidine rings is 1. The van der Waals surface area contributed by atoms with E-state index >= 15 is 0 Å². The number of nitrogens with one attached hydrogen (secondary N) is 3. The van der Waals surface area contributed by atoms with Gasteiger partial charge in [-0.3, -0.25) is 4.79 Å². The van der Waals surface area contributed by atoms with Crippen molar-refractivity contribution in [2.75, 3.05) is 38.2 Å².